The molecule has 0 saturated carbocycles. The number of fused-ring (bicyclic) bond motifs is 1. The molecule has 0 aliphatic rings. The number of pyridine rings is 1. The van der Waals surface area contributed by atoms with Crippen LogP contribution in [0.25, 0.3) is 22.2 Å². The van der Waals surface area contributed by atoms with Crippen LogP contribution in [0, 0.1) is 6.92 Å². The first-order chi connectivity index (χ1) is 12.5. The Morgan fingerprint density at radius 2 is 1.73 bits per heavy atom. The van der Waals surface area contributed by atoms with Crippen molar-refractivity contribution in [3.05, 3.63) is 47.5 Å². The number of aryl methyl sites for hydroxylation is 1. The maximum Gasteiger partial charge on any atom is 0.336 e. The monoisotopic (exact) mass is 353 g/mol. The van der Waals surface area contributed by atoms with Crippen LogP contribution in [-0.2, 0) is 0 Å². The highest BCUT2D eigenvalue weighted by molar-refractivity contribution is 6.08. The largest absolute Gasteiger partial charge is 0.493 e. The van der Waals surface area contributed by atoms with E-state index < -0.39 is 5.97 Å². The van der Waals surface area contributed by atoms with Crippen LogP contribution < -0.4 is 14.2 Å². The van der Waals surface area contributed by atoms with Crippen molar-refractivity contribution in [2.45, 2.75) is 6.92 Å². The highest BCUT2D eigenvalue weighted by Gasteiger charge is 2.23. The first-order valence-corrected chi connectivity index (χ1v) is 7.94. The quantitative estimate of drug-likeness (QED) is 0.749. The molecule has 0 unspecified atom stereocenters. The SMILES string of the molecule is COc1cc2nc(-c3cccc(C)c3)cc(C(=O)O)c2c(OC)c1OC. The second-order valence-corrected chi connectivity index (χ2v) is 5.77. The minimum atomic E-state index is -1.07. The molecular formula is C20H19NO5. The summed E-state index contributed by atoms with van der Waals surface area (Å²) in [5, 5.41) is 10.1. The summed E-state index contributed by atoms with van der Waals surface area (Å²) < 4.78 is 16.2. The highest BCUT2D eigenvalue weighted by atomic mass is 16.5. The molecule has 1 N–H and O–H groups in total. The lowest BCUT2D eigenvalue weighted by Crippen LogP contribution is -2.04. The normalized spacial score (nSPS) is 10.6. The number of ether oxygens (including phenoxy) is 3. The highest BCUT2D eigenvalue weighted by Crippen LogP contribution is 2.44. The number of nitrogens with zero attached hydrogens (tertiary/aromatic N) is 1. The number of rotatable bonds is 5. The molecular weight excluding hydrogens is 334 g/mol. The Morgan fingerprint density at radius 3 is 2.31 bits per heavy atom. The number of aromatic nitrogens is 1. The van der Waals surface area contributed by atoms with Crippen LogP contribution in [0.4, 0.5) is 0 Å². The fourth-order valence-corrected chi connectivity index (χ4v) is 2.98. The molecule has 0 amide bonds. The minimum absolute atomic E-state index is 0.0873. The third-order valence-electron chi connectivity index (χ3n) is 4.14. The number of carbonyl (C=O) groups is 1. The Bertz CT molecular complexity index is 997. The predicted molar refractivity (Wildman–Crippen MR) is 98.5 cm³/mol. The van der Waals surface area contributed by atoms with Crippen molar-refractivity contribution in [3.63, 3.8) is 0 Å². The summed E-state index contributed by atoms with van der Waals surface area (Å²) in [5.41, 5.74) is 3.00. The van der Waals surface area contributed by atoms with Gasteiger partial charge in [-0.25, -0.2) is 9.78 Å². The number of hydrogen-bond acceptors (Lipinski definition) is 5. The molecule has 1 aromatic heterocycles. The fourth-order valence-electron chi connectivity index (χ4n) is 2.98. The molecule has 3 rings (SSSR count). The van der Waals surface area contributed by atoms with E-state index in [4.69, 9.17) is 14.2 Å². The molecule has 0 saturated heterocycles. The van der Waals surface area contributed by atoms with Crippen LogP contribution >= 0.6 is 0 Å². The number of benzene rings is 2. The standard InChI is InChI=1S/C20H19NO5/c1-11-6-5-7-12(8-11)14-9-13(20(22)23)17-15(21-14)10-16(24-2)18(25-3)19(17)26-4/h5-10H,1-4H3,(H,22,23). The van der Waals surface area contributed by atoms with E-state index in [9.17, 15) is 9.90 Å². The number of aromatic carboxylic acids is 1. The van der Waals surface area contributed by atoms with Gasteiger partial charge in [0.15, 0.2) is 11.5 Å². The van der Waals surface area contributed by atoms with Gasteiger partial charge in [0.25, 0.3) is 0 Å². The van der Waals surface area contributed by atoms with Crippen LogP contribution in [0.1, 0.15) is 15.9 Å². The molecule has 134 valence electrons. The molecule has 0 bridgehead atoms. The van der Waals surface area contributed by atoms with E-state index in [1.165, 1.54) is 21.3 Å². The summed E-state index contributed by atoms with van der Waals surface area (Å²) >= 11 is 0. The second-order valence-electron chi connectivity index (χ2n) is 5.77. The summed E-state index contributed by atoms with van der Waals surface area (Å²) in [6, 6.07) is 10.9. The van der Waals surface area contributed by atoms with Gasteiger partial charge in [0, 0.05) is 11.6 Å². The number of hydrogen-bond donors (Lipinski definition) is 1. The van der Waals surface area contributed by atoms with Gasteiger partial charge in [0.2, 0.25) is 5.75 Å². The molecule has 0 radical (unpaired) electrons. The van der Waals surface area contributed by atoms with Crippen molar-refractivity contribution in [3.8, 4) is 28.5 Å². The fraction of sp³-hybridized carbons (Fsp3) is 0.200. The summed E-state index contributed by atoms with van der Waals surface area (Å²) in [5.74, 6) is -0.0449. The Morgan fingerprint density at radius 1 is 1.00 bits per heavy atom. The topological polar surface area (TPSA) is 77.9 Å². The molecule has 0 spiro atoms. The smallest absolute Gasteiger partial charge is 0.336 e. The van der Waals surface area contributed by atoms with E-state index in [0.717, 1.165) is 11.1 Å². The minimum Gasteiger partial charge on any atom is -0.493 e. The van der Waals surface area contributed by atoms with Crippen LogP contribution in [0.3, 0.4) is 0 Å². The molecule has 6 nitrogen and oxygen atoms in total. The Hall–Kier alpha value is -3.28. The first-order valence-electron chi connectivity index (χ1n) is 7.94. The Kier molecular flexibility index (Phi) is 4.67. The molecule has 6 heteroatoms. The predicted octanol–water partition coefficient (Wildman–Crippen LogP) is 3.93. The van der Waals surface area contributed by atoms with Crippen molar-refractivity contribution in [2.24, 2.45) is 0 Å². The maximum atomic E-state index is 11.9. The lowest BCUT2D eigenvalue weighted by atomic mass is 10.0. The second kappa shape index (κ2) is 6.92. The van der Waals surface area contributed by atoms with Gasteiger partial charge >= 0.3 is 5.97 Å². The lowest BCUT2D eigenvalue weighted by Gasteiger charge is -2.16. The molecule has 0 atom stereocenters. The maximum absolute atomic E-state index is 11.9. The average Bonchev–Trinajstić information content (AvgIpc) is 2.65. The van der Waals surface area contributed by atoms with E-state index in [2.05, 4.69) is 4.98 Å². The zero-order valence-electron chi connectivity index (χ0n) is 15.0. The summed E-state index contributed by atoms with van der Waals surface area (Å²) in [7, 11) is 4.43. The molecule has 0 aliphatic heterocycles. The van der Waals surface area contributed by atoms with Crippen LogP contribution in [0.5, 0.6) is 17.2 Å². The Labute approximate surface area is 151 Å². The zero-order chi connectivity index (χ0) is 18.8. The van der Waals surface area contributed by atoms with Gasteiger partial charge in [-0.2, -0.15) is 0 Å². The van der Waals surface area contributed by atoms with Crippen LogP contribution in [0.15, 0.2) is 36.4 Å². The zero-order valence-corrected chi connectivity index (χ0v) is 15.0. The van der Waals surface area contributed by atoms with Gasteiger partial charge < -0.3 is 19.3 Å². The van der Waals surface area contributed by atoms with Gasteiger partial charge in [-0.05, 0) is 19.1 Å². The van der Waals surface area contributed by atoms with Crippen molar-refractivity contribution in [1.29, 1.82) is 0 Å². The van der Waals surface area contributed by atoms with Crippen molar-refractivity contribution >= 4 is 16.9 Å². The third-order valence-corrected chi connectivity index (χ3v) is 4.14. The van der Waals surface area contributed by atoms with Gasteiger partial charge in [-0.15, -0.1) is 0 Å². The van der Waals surface area contributed by atoms with E-state index in [0.29, 0.717) is 28.1 Å². The van der Waals surface area contributed by atoms with Gasteiger partial charge in [-0.3, -0.25) is 0 Å². The molecule has 26 heavy (non-hydrogen) atoms. The lowest BCUT2D eigenvalue weighted by molar-refractivity contribution is 0.0698. The van der Waals surface area contributed by atoms with E-state index >= 15 is 0 Å². The Balaban J connectivity index is 2.42. The van der Waals surface area contributed by atoms with Crippen molar-refractivity contribution < 1.29 is 24.1 Å². The molecule has 0 fully saturated rings. The molecule has 2 aromatic carbocycles. The van der Waals surface area contributed by atoms with E-state index in [1.54, 1.807) is 12.1 Å². The average molecular weight is 353 g/mol. The summed E-state index contributed by atoms with van der Waals surface area (Å²) in [6.07, 6.45) is 0. The molecule has 0 aliphatic carbocycles. The molecule has 1 heterocycles. The third kappa shape index (κ3) is 2.90. The number of carboxylic acids is 1. The van der Waals surface area contributed by atoms with Gasteiger partial charge in [-0.1, -0.05) is 23.8 Å². The van der Waals surface area contributed by atoms with Crippen molar-refractivity contribution in [1.82, 2.24) is 4.98 Å². The van der Waals surface area contributed by atoms with Crippen molar-refractivity contribution in [2.75, 3.05) is 21.3 Å². The van der Waals surface area contributed by atoms with E-state index in [-0.39, 0.29) is 11.3 Å². The summed E-state index contributed by atoms with van der Waals surface area (Å²) in [4.78, 5) is 16.6. The van der Waals surface area contributed by atoms with Gasteiger partial charge in [0.1, 0.15) is 0 Å². The number of methoxy groups -OCH3 is 3. The van der Waals surface area contributed by atoms with Gasteiger partial charge in [0.05, 0.1) is 43.5 Å². The number of carboxylic acid groups (broad SMARTS) is 1. The van der Waals surface area contributed by atoms with Crippen LogP contribution in [0.2, 0.25) is 0 Å². The van der Waals surface area contributed by atoms with Crippen LogP contribution in [-0.4, -0.2) is 37.4 Å². The van der Waals surface area contributed by atoms with E-state index in [1.807, 2.05) is 31.2 Å². The molecule has 3 aromatic rings. The summed E-state index contributed by atoms with van der Waals surface area (Å²) in [6.45, 7) is 1.97. The first kappa shape index (κ1) is 17.5.